The van der Waals surface area contributed by atoms with Crippen LogP contribution in [0.1, 0.15) is 67.6 Å². The fraction of sp³-hybridized carbons (Fsp3) is 0.409. The molecule has 126 valence electrons. The molecule has 24 heavy (non-hydrogen) atoms. The molecule has 0 aromatic heterocycles. The number of carbonyl (C=O) groups is 1. The van der Waals surface area contributed by atoms with Gasteiger partial charge >= 0.3 is 0 Å². The van der Waals surface area contributed by atoms with E-state index in [9.17, 15) is 9.90 Å². The van der Waals surface area contributed by atoms with E-state index in [2.05, 4.69) is 46.8 Å². The number of carbonyl (C=O) groups excluding carboxylic acids is 1. The van der Waals surface area contributed by atoms with Gasteiger partial charge in [-0.2, -0.15) is 0 Å². The Hall–Kier alpha value is -2.09. The predicted octanol–water partition coefficient (Wildman–Crippen LogP) is 5.53. The topological polar surface area (TPSA) is 37.3 Å². The molecular weight excluding hydrogens is 296 g/mol. The highest BCUT2D eigenvalue weighted by atomic mass is 16.3. The molecule has 0 radical (unpaired) electrons. The fourth-order valence-electron chi connectivity index (χ4n) is 3.86. The van der Waals surface area contributed by atoms with Crippen LogP contribution in [0.5, 0.6) is 5.75 Å². The van der Waals surface area contributed by atoms with Crippen LogP contribution < -0.4 is 0 Å². The number of aldehydes is 1. The highest BCUT2D eigenvalue weighted by molar-refractivity contribution is 5.81. The van der Waals surface area contributed by atoms with Crippen LogP contribution in [-0.2, 0) is 10.8 Å². The van der Waals surface area contributed by atoms with Crippen molar-refractivity contribution in [3.8, 4) is 16.9 Å². The number of hydrogen-bond acceptors (Lipinski definition) is 2. The molecule has 0 unspecified atom stereocenters. The predicted molar refractivity (Wildman–Crippen MR) is 99.0 cm³/mol. The minimum absolute atomic E-state index is 0.131. The number of rotatable bonds is 2. The largest absolute Gasteiger partial charge is 0.507 e. The molecule has 0 saturated heterocycles. The molecule has 2 nitrogen and oxygen atoms in total. The summed E-state index contributed by atoms with van der Waals surface area (Å²) in [6, 6.07) is 9.68. The number of phenols is 1. The summed E-state index contributed by atoms with van der Waals surface area (Å²) in [5.74, 6) is 0.163. The Morgan fingerprint density at radius 3 is 2.04 bits per heavy atom. The number of hydrogen-bond donors (Lipinski definition) is 1. The van der Waals surface area contributed by atoms with Crippen molar-refractivity contribution in [3.05, 3.63) is 52.6 Å². The van der Waals surface area contributed by atoms with Gasteiger partial charge in [-0.3, -0.25) is 4.79 Å². The normalized spacial score (nSPS) is 18.0. The number of benzene rings is 2. The van der Waals surface area contributed by atoms with Crippen molar-refractivity contribution in [1.82, 2.24) is 0 Å². The van der Waals surface area contributed by atoms with E-state index in [1.807, 2.05) is 6.07 Å². The lowest BCUT2D eigenvalue weighted by molar-refractivity contribution is 0.112. The lowest BCUT2D eigenvalue weighted by Crippen LogP contribution is -2.34. The first-order valence-corrected chi connectivity index (χ1v) is 8.60. The Bertz CT molecular complexity index is 813. The average Bonchev–Trinajstić information content (AvgIpc) is 2.52. The molecule has 0 bridgehead atoms. The molecule has 2 aromatic carbocycles. The molecule has 0 fully saturated rings. The second kappa shape index (κ2) is 5.47. The SMILES string of the molecule is Cc1cc2c(cc1-c1ccc(C=O)cc1O)C(C)(C)CCC2(C)C. The summed E-state index contributed by atoms with van der Waals surface area (Å²) in [7, 11) is 0. The summed E-state index contributed by atoms with van der Waals surface area (Å²) >= 11 is 0. The van der Waals surface area contributed by atoms with Crippen LogP contribution in [0, 0.1) is 6.92 Å². The summed E-state index contributed by atoms with van der Waals surface area (Å²) in [5.41, 5.74) is 6.60. The van der Waals surface area contributed by atoms with Gasteiger partial charge in [-0.1, -0.05) is 39.8 Å². The fourth-order valence-corrected chi connectivity index (χ4v) is 3.86. The molecule has 2 heteroatoms. The Balaban J connectivity index is 2.23. The van der Waals surface area contributed by atoms with Crippen LogP contribution in [0.2, 0.25) is 0 Å². The first kappa shape index (κ1) is 16.8. The third kappa shape index (κ3) is 2.64. The van der Waals surface area contributed by atoms with E-state index in [1.165, 1.54) is 23.6 Å². The van der Waals surface area contributed by atoms with Gasteiger partial charge in [-0.15, -0.1) is 0 Å². The maximum atomic E-state index is 10.9. The Labute approximate surface area is 144 Å². The Morgan fingerprint density at radius 1 is 0.917 bits per heavy atom. The highest BCUT2D eigenvalue weighted by Gasteiger charge is 2.37. The summed E-state index contributed by atoms with van der Waals surface area (Å²) in [6.07, 6.45) is 3.10. The monoisotopic (exact) mass is 322 g/mol. The van der Waals surface area contributed by atoms with Gasteiger partial charge in [-0.05, 0) is 71.0 Å². The van der Waals surface area contributed by atoms with Gasteiger partial charge in [0.1, 0.15) is 12.0 Å². The van der Waals surface area contributed by atoms with Crippen molar-refractivity contribution in [2.75, 3.05) is 0 Å². The number of phenolic OH excluding ortho intramolecular Hbond substituents is 1. The third-order valence-electron chi connectivity index (χ3n) is 5.65. The zero-order chi connectivity index (χ0) is 17.7. The quantitative estimate of drug-likeness (QED) is 0.738. The van der Waals surface area contributed by atoms with E-state index in [-0.39, 0.29) is 16.6 Å². The second-order valence-corrected chi connectivity index (χ2v) is 8.37. The van der Waals surface area contributed by atoms with Gasteiger partial charge in [0.15, 0.2) is 0 Å². The van der Waals surface area contributed by atoms with E-state index < -0.39 is 0 Å². The lowest BCUT2D eigenvalue weighted by atomic mass is 9.62. The van der Waals surface area contributed by atoms with Crippen molar-refractivity contribution in [2.24, 2.45) is 0 Å². The third-order valence-corrected chi connectivity index (χ3v) is 5.65. The Kier molecular flexibility index (Phi) is 3.82. The highest BCUT2D eigenvalue weighted by Crippen LogP contribution is 2.48. The minimum atomic E-state index is 0.131. The van der Waals surface area contributed by atoms with Gasteiger partial charge in [0.05, 0.1) is 0 Å². The smallest absolute Gasteiger partial charge is 0.150 e. The maximum absolute atomic E-state index is 10.9. The molecule has 0 amide bonds. The van der Waals surface area contributed by atoms with Crippen molar-refractivity contribution < 1.29 is 9.90 Å². The van der Waals surface area contributed by atoms with Gasteiger partial charge in [0, 0.05) is 11.1 Å². The van der Waals surface area contributed by atoms with E-state index in [4.69, 9.17) is 0 Å². The zero-order valence-electron chi connectivity index (χ0n) is 15.2. The van der Waals surface area contributed by atoms with Crippen molar-refractivity contribution in [1.29, 1.82) is 0 Å². The number of fused-ring (bicyclic) bond motifs is 1. The number of aromatic hydroxyl groups is 1. The molecule has 0 saturated carbocycles. The summed E-state index contributed by atoms with van der Waals surface area (Å²) in [6.45, 7) is 11.3. The Morgan fingerprint density at radius 2 is 1.50 bits per heavy atom. The summed E-state index contributed by atoms with van der Waals surface area (Å²) in [5, 5.41) is 10.4. The average molecular weight is 322 g/mol. The summed E-state index contributed by atoms with van der Waals surface area (Å²) in [4.78, 5) is 10.9. The van der Waals surface area contributed by atoms with Gasteiger partial charge in [-0.25, -0.2) is 0 Å². The molecule has 0 atom stereocenters. The second-order valence-electron chi connectivity index (χ2n) is 8.37. The molecule has 3 rings (SSSR count). The molecule has 0 heterocycles. The summed E-state index contributed by atoms with van der Waals surface area (Å²) < 4.78 is 0. The van der Waals surface area contributed by atoms with E-state index in [0.29, 0.717) is 5.56 Å². The molecule has 0 spiro atoms. The van der Waals surface area contributed by atoms with Gasteiger partial charge < -0.3 is 5.11 Å². The van der Waals surface area contributed by atoms with Crippen molar-refractivity contribution >= 4 is 6.29 Å². The molecule has 1 aliphatic rings. The molecular formula is C22H26O2. The first-order chi connectivity index (χ1) is 11.2. The standard InChI is InChI=1S/C22H26O2/c1-14-10-18-19(22(4,5)9-8-21(18,2)3)12-17(14)16-7-6-15(13-23)11-20(16)24/h6-7,10-13,24H,8-9H2,1-5H3. The van der Waals surface area contributed by atoms with Crippen LogP contribution in [0.15, 0.2) is 30.3 Å². The van der Waals surface area contributed by atoms with Crippen LogP contribution in [0.4, 0.5) is 0 Å². The van der Waals surface area contributed by atoms with Crippen LogP contribution in [-0.4, -0.2) is 11.4 Å². The van der Waals surface area contributed by atoms with Crippen molar-refractivity contribution in [2.45, 2.75) is 58.3 Å². The lowest BCUT2D eigenvalue weighted by Gasteiger charge is -2.42. The first-order valence-electron chi connectivity index (χ1n) is 8.60. The molecule has 0 aliphatic heterocycles. The maximum Gasteiger partial charge on any atom is 0.150 e. The molecule has 2 aromatic rings. The van der Waals surface area contributed by atoms with Gasteiger partial charge in [0.25, 0.3) is 0 Å². The number of aryl methyl sites for hydroxylation is 1. The van der Waals surface area contributed by atoms with Crippen LogP contribution >= 0.6 is 0 Å². The van der Waals surface area contributed by atoms with E-state index in [0.717, 1.165) is 29.4 Å². The minimum Gasteiger partial charge on any atom is -0.507 e. The molecule has 1 aliphatic carbocycles. The van der Waals surface area contributed by atoms with E-state index >= 15 is 0 Å². The van der Waals surface area contributed by atoms with Crippen LogP contribution in [0.3, 0.4) is 0 Å². The molecule has 1 N–H and O–H groups in total. The van der Waals surface area contributed by atoms with Gasteiger partial charge in [0.2, 0.25) is 0 Å². The van der Waals surface area contributed by atoms with E-state index in [1.54, 1.807) is 6.07 Å². The zero-order valence-corrected chi connectivity index (χ0v) is 15.2. The van der Waals surface area contributed by atoms with Crippen LogP contribution in [0.25, 0.3) is 11.1 Å². The van der Waals surface area contributed by atoms with Crippen molar-refractivity contribution in [3.63, 3.8) is 0 Å².